The second-order valence-electron chi connectivity index (χ2n) is 13.8. The number of phenols is 1. The highest BCUT2D eigenvalue weighted by molar-refractivity contribution is 6.03. The summed E-state index contributed by atoms with van der Waals surface area (Å²) < 4.78 is 59.2. The quantitative estimate of drug-likeness (QED) is 0.272. The van der Waals surface area contributed by atoms with Crippen LogP contribution in [0.2, 0.25) is 0 Å². The van der Waals surface area contributed by atoms with Crippen molar-refractivity contribution in [2.75, 3.05) is 44.9 Å². The number of pyridine rings is 1. The summed E-state index contributed by atoms with van der Waals surface area (Å²) in [7, 11) is 1.90. The molecule has 2 N–H and O–H groups in total. The molecule has 5 heterocycles. The molecule has 1 saturated carbocycles. The van der Waals surface area contributed by atoms with Crippen LogP contribution in [0.3, 0.4) is 0 Å². The normalized spacial score (nSPS) is 27.1. The number of rotatable bonds is 6. The highest BCUT2D eigenvalue weighted by atomic mass is 19.1. The van der Waals surface area contributed by atoms with Gasteiger partial charge in [0, 0.05) is 44.1 Å². The van der Waals surface area contributed by atoms with Gasteiger partial charge in [0.25, 0.3) is 0 Å². The molecule has 1 spiro atoms. The summed E-state index contributed by atoms with van der Waals surface area (Å²) in [5.41, 5.74) is -0.452. The van der Waals surface area contributed by atoms with E-state index in [1.54, 1.807) is 6.07 Å². The molecule has 3 fully saturated rings. The van der Waals surface area contributed by atoms with E-state index in [1.807, 2.05) is 18.9 Å². The first-order valence-corrected chi connectivity index (χ1v) is 16.5. The molecular weight excluding hydrogens is 611 g/mol. The molecule has 47 heavy (non-hydrogen) atoms. The number of anilines is 1. The second-order valence-corrected chi connectivity index (χ2v) is 13.8. The lowest BCUT2D eigenvalue weighted by Crippen LogP contribution is -2.58. The van der Waals surface area contributed by atoms with Crippen molar-refractivity contribution in [3.05, 3.63) is 41.5 Å². The zero-order chi connectivity index (χ0) is 32.7. The van der Waals surface area contributed by atoms with Gasteiger partial charge in [0.15, 0.2) is 5.82 Å². The fourth-order valence-electron chi connectivity index (χ4n) is 8.73. The Morgan fingerprint density at radius 2 is 1.91 bits per heavy atom. The molecule has 8 rings (SSSR count). The van der Waals surface area contributed by atoms with Gasteiger partial charge >= 0.3 is 6.01 Å². The maximum absolute atomic E-state index is 17.1. The van der Waals surface area contributed by atoms with Crippen LogP contribution >= 0.6 is 0 Å². The molecule has 0 radical (unpaired) electrons. The SMILES string of the molecule is CCc1c(F)ccc2cc(O)cc(-c3nc4c5c(nc(OC[C@@]67CCCN6C[C@H](F)C7)nc5c3F)N(C)C3(CCO4)CC(CO)C3)c12. The van der Waals surface area contributed by atoms with Crippen LogP contribution in [0.5, 0.6) is 17.6 Å². The number of halogens is 3. The average Bonchev–Trinajstić information content (AvgIpc) is 3.56. The molecule has 0 amide bonds. The van der Waals surface area contributed by atoms with E-state index in [-0.39, 0.29) is 71.1 Å². The number of alkyl halides is 1. The largest absolute Gasteiger partial charge is 0.508 e. The van der Waals surface area contributed by atoms with Gasteiger partial charge in [-0.25, -0.2) is 18.2 Å². The molecule has 4 aromatic rings. The summed E-state index contributed by atoms with van der Waals surface area (Å²) in [5, 5.41) is 21.8. The van der Waals surface area contributed by atoms with Gasteiger partial charge < -0.3 is 24.6 Å². The van der Waals surface area contributed by atoms with E-state index in [1.165, 1.54) is 18.2 Å². The molecule has 2 aromatic heterocycles. The Morgan fingerprint density at radius 1 is 1.09 bits per heavy atom. The molecule has 0 unspecified atom stereocenters. The van der Waals surface area contributed by atoms with Crippen LogP contribution < -0.4 is 14.4 Å². The Labute approximate surface area is 270 Å². The lowest BCUT2D eigenvalue weighted by Gasteiger charge is -2.54. The standard InChI is InChI=1S/C35H38F3N5O4/c1-3-23-25(37)6-5-20-11-22(45)12-24(26(20)23)29-28(38)30-27-31(42(2)34(13-19(14-34)17-44)8-10-46-32(27)39-29)41-33(40-30)47-18-35-7-4-9-43(35)16-21(36)15-35/h5-6,11-12,19,21,44-45H,3-4,7-10,13-18H2,1-2H3/t19?,21-,34?,35+/m1/s1. The Bertz CT molecular complexity index is 1900. The topological polar surface area (TPSA) is 104 Å². The van der Waals surface area contributed by atoms with Crippen molar-refractivity contribution in [3.63, 3.8) is 0 Å². The summed E-state index contributed by atoms with van der Waals surface area (Å²) in [4.78, 5) is 18.3. The number of fused-ring (bicyclic) bond motifs is 2. The molecule has 2 aromatic carbocycles. The number of hydrogen-bond donors (Lipinski definition) is 2. The van der Waals surface area contributed by atoms with Gasteiger partial charge in [0.2, 0.25) is 5.88 Å². The fourth-order valence-corrected chi connectivity index (χ4v) is 8.73. The number of aromatic nitrogens is 3. The molecule has 4 aliphatic rings. The zero-order valence-electron chi connectivity index (χ0n) is 26.5. The molecular formula is C35H38F3N5O4. The van der Waals surface area contributed by atoms with Gasteiger partial charge in [0.1, 0.15) is 46.8 Å². The number of benzene rings is 2. The Kier molecular flexibility index (Phi) is 7.18. The fraction of sp³-hybridized carbons (Fsp3) is 0.514. The summed E-state index contributed by atoms with van der Waals surface area (Å²) in [5.74, 6) is -0.681. The average molecular weight is 650 g/mol. The smallest absolute Gasteiger partial charge is 0.319 e. The van der Waals surface area contributed by atoms with Crippen molar-refractivity contribution in [3.8, 4) is 28.9 Å². The number of aromatic hydroxyl groups is 1. The number of ether oxygens (including phenoxy) is 2. The molecule has 0 bridgehead atoms. The predicted molar refractivity (Wildman–Crippen MR) is 171 cm³/mol. The van der Waals surface area contributed by atoms with Crippen molar-refractivity contribution >= 4 is 27.5 Å². The minimum Gasteiger partial charge on any atom is -0.508 e. The summed E-state index contributed by atoms with van der Waals surface area (Å²) >= 11 is 0. The summed E-state index contributed by atoms with van der Waals surface area (Å²) in [6.07, 6.45) is 3.54. The van der Waals surface area contributed by atoms with Crippen LogP contribution in [-0.2, 0) is 6.42 Å². The monoisotopic (exact) mass is 649 g/mol. The number of aliphatic hydroxyl groups excluding tert-OH is 1. The highest BCUT2D eigenvalue weighted by Crippen LogP contribution is 2.50. The van der Waals surface area contributed by atoms with E-state index in [9.17, 15) is 14.6 Å². The Balaban J connectivity index is 1.33. The van der Waals surface area contributed by atoms with Crippen LogP contribution in [0.15, 0.2) is 24.3 Å². The lowest BCUT2D eigenvalue weighted by atomic mass is 9.66. The first-order chi connectivity index (χ1) is 22.6. The van der Waals surface area contributed by atoms with Gasteiger partial charge in [-0.3, -0.25) is 4.90 Å². The number of nitrogens with zero attached hydrogens (tertiary/aromatic N) is 5. The van der Waals surface area contributed by atoms with Crippen LogP contribution in [0.1, 0.15) is 51.0 Å². The van der Waals surface area contributed by atoms with Gasteiger partial charge in [-0.2, -0.15) is 9.97 Å². The van der Waals surface area contributed by atoms with Crippen molar-refractivity contribution in [1.29, 1.82) is 0 Å². The van der Waals surface area contributed by atoms with Crippen LogP contribution in [0.4, 0.5) is 19.0 Å². The van der Waals surface area contributed by atoms with Gasteiger partial charge in [-0.1, -0.05) is 13.0 Å². The number of hydrogen-bond acceptors (Lipinski definition) is 9. The molecule has 3 aliphatic heterocycles. The number of aliphatic hydroxyl groups is 1. The zero-order valence-corrected chi connectivity index (χ0v) is 26.5. The van der Waals surface area contributed by atoms with Crippen molar-refractivity contribution in [1.82, 2.24) is 19.9 Å². The number of aryl methyl sites for hydroxylation is 1. The highest BCUT2D eigenvalue weighted by Gasteiger charge is 2.51. The van der Waals surface area contributed by atoms with E-state index >= 15 is 8.78 Å². The number of phenolic OH excluding ortho intramolecular Hbond substituents is 1. The van der Waals surface area contributed by atoms with Crippen molar-refractivity contribution in [2.24, 2.45) is 5.92 Å². The molecule has 248 valence electrons. The van der Waals surface area contributed by atoms with Crippen molar-refractivity contribution < 1.29 is 32.9 Å². The molecule has 2 atom stereocenters. The van der Waals surface area contributed by atoms with Gasteiger partial charge in [-0.05, 0) is 79.1 Å². The molecule has 2 saturated heterocycles. The molecule has 9 nitrogen and oxygen atoms in total. The van der Waals surface area contributed by atoms with Crippen molar-refractivity contribution in [2.45, 2.75) is 69.1 Å². The van der Waals surface area contributed by atoms with Crippen LogP contribution in [0.25, 0.3) is 32.9 Å². The minimum atomic E-state index is -0.935. The third-order valence-electron chi connectivity index (χ3n) is 11.1. The van der Waals surface area contributed by atoms with E-state index < -0.39 is 23.3 Å². The summed E-state index contributed by atoms with van der Waals surface area (Å²) in [6.45, 7) is 3.51. The van der Waals surface area contributed by atoms with Crippen LogP contribution in [-0.4, -0.2) is 87.3 Å². The van der Waals surface area contributed by atoms with E-state index in [4.69, 9.17) is 14.5 Å². The minimum absolute atomic E-state index is 0.0419. The lowest BCUT2D eigenvalue weighted by molar-refractivity contribution is 0.0603. The first-order valence-electron chi connectivity index (χ1n) is 16.5. The third-order valence-corrected chi connectivity index (χ3v) is 11.1. The first kappa shape index (κ1) is 30.4. The molecule has 1 aliphatic carbocycles. The maximum Gasteiger partial charge on any atom is 0.319 e. The summed E-state index contributed by atoms with van der Waals surface area (Å²) in [6, 6.07) is 5.75. The van der Waals surface area contributed by atoms with Gasteiger partial charge in [0.05, 0.1) is 12.1 Å². The maximum atomic E-state index is 17.1. The predicted octanol–water partition coefficient (Wildman–Crippen LogP) is 5.71. The third kappa shape index (κ3) is 4.69. The second kappa shape index (κ2) is 11.1. The molecule has 12 heteroatoms. The van der Waals surface area contributed by atoms with Crippen LogP contribution in [0, 0.1) is 17.6 Å². The van der Waals surface area contributed by atoms with Gasteiger partial charge in [-0.15, -0.1) is 0 Å². The van der Waals surface area contributed by atoms with E-state index in [2.05, 4.69) is 14.9 Å². The Morgan fingerprint density at radius 3 is 2.70 bits per heavy atom. The Hall–Kier alpha value is -3.90. The van der Waals surface area contributed by atoms with E-state index in [0.717, 1.165) is 19.4 Å². The van der Waals surface area contributed by atoms with E-state index in [0.29, 0.717) is 60.8 Å².